The van der Waals surface area contributed by atoms with Crippen LogP contribution < -0.4 is 10.1 Å². The summed E-state index contributed by atoms with van der Waals surface area (Å²) in [5, 5.41) is 3.04. The molecule has 0 saturated heterocycles. The van der Waals surface area contributed by atoms with Crippen molar-refractivity contribution < 1.29 is 14.3 Å². The monoisotopic (exact) mass is 359 g/mol. The summed E-state index contributed by atoms with van der Waals surface area (Å²) >= 11 is 5.96. The average molecular weight is 360 g/mol. The largest absolute Gasteiger partial charge is 0.426 e. The highest BCUT2D eigenvalue weighted by molar-refractivity contribution is 6.33. The van der Waals surface area contributed by atoms with Crippen LogP contribution in [0.3, 0.4) is 0 Å². The second-order valence-corrected chi connectivity index (χ2v) is 6.25. The molecule has 2 aromatic carbocycles. The van der Waals surface area contributed by atoms with Gasteiger partial charge in [-0.2, -0.15) is 0 Å². The van der Waals surface area contributed by atoms with Gasteiger partial charge < -0.3 is 10.1 Å². The van der Waals surface area contributed by atoms with Crippen molar-refractivity contribution in [1.82, 2.24) is 5.32 Å². The molecule has 0 heterocycles. The van der Waals surface area contributed by atoms with Crippen molar-refractivity contribution in [3.8, 4) is 5.75 Å². The van der Waals surface area contributed by atoms with E-state index < -0.39 is 5.97 Å². The number of halogens is 1. The number of hydrogen-bond acceptors (Lipinski definition) is 3. The van der Waals surface area contributed by atoms with E-state index in [2.05, 4.69) is 19.2 Å². The van der Waals surface area contributed by atoms with Crippen molar-refractivity contribution in [2.45, 2.75) is 32.6 Å². The second-order valence-electron chi connectivity index (χ2n) is 5.84. The highest BCUT2D eigenvalue weighted by atomic mass is 35.5. The normalized spacial score (nSPS) is 11.6. The van der Waals surface area contributed by atoms with Gasteiger partial charge in [0.25, 0.3) is 5.91 Å². The zero-order valence-corrected chi connectivity index (χ0v) is 15.2. The summed E-state index contributed by atoms with van der Waals surface area (Å²) in [5.41, 5.74) is 1.60. The number of carbonyl (C=O) groups is 2. The minimum Gasteiger partial charge on any atom is -0.426 e. The van der Waals surface area contributed by atoms with Gasteiger partial charge in [0, 0.05) is 6.54 Å². The van der Waals surface area contributed by atoms with E-state index in [0.717, 1.165) is 6.42 Å². The number of ether oxygens (including phenoxy) is 1. The third kappa shape index (κ3) is 5.61. The Labute approximate surface area is 153 Å². The predicted octanol–water partition coefficient (Wildman–Crippen LogP) is 4.58. The van der Waals surface area contributed by atoms with E-state index in [-0.39, 0.29) is 18.9 Å². The minimum absolute atomic E-state index is 0.0866. The Hall–Kier alpha value is -2.33. The van der Waals surface area contributed by atoms with Gasteiger partial charge in [0.15, 0.2) is 0 Å². The van der Waals surface area contributed by atoms with Crippen molar-refractivity contribution >= 4 is 23.5 Å². The Morgan fingerprint density at radius 1 is 1.12 bits per heavy atom. The smallest absolute Gasteiger partial charge is 0.312 e. The van der Waals surface area contributed by atoms with E-state index >= 15 is 0 Å². The van der Waals surface area contributed by atoms with E-state index in [1.807, 2.05) is 12.1 Å². The molecule has 1 N–H and O–H groups in total. The summed E-state index contributed by atoms with van der Waals surface area (Å²) in [6.45, 7) is 4.48. The first-order chi connectivity index (χ1) is 12.0. The van der Waals surface area contributed by atoms with Crippen LogP contribution >= 0.6 is 11.6 Å². The maximum Gasteiger partial charge on any atom is 0.312 e. The molecule has 0 bridgehead atoms. The standard InChI is InChI=1S/C20H22ClNO3/c1-3-14(2)15-8-10-16(11-9-15)25-19(23)12-13-22-20(24)17-6-4-5-7-18(17)21/h4-11,14H,3,12-13H2,1-2H3,(H,22,24)/t14-/m0/s1. The van der Waals surface area contributed by atoms with Crippen molar-refractivity contribution in [2.75, 3.05) is 6.54 Å². The molecule has 0 aliphatic rings. The molecule has 2 aromatic rings. The number of rotatable bonds is 7. The van der Waals surface area contributed by atoms with Crippen LogP contribution in [0.2, 0.25) is 5.02 Å². The highest BCUT2D eigenvalue weighted by Gasteiger charge is 2.11. The summed E-state index contributed by atoms with van der Waals surface area (Å²) in [5.74, 6) is 0.284. The van der Waals surface area contributed by atoms with Gasteiger partial charge in [-0.05, 0) is 42.2 Å². The van der Waals surface area contributed by atoms with Crippen LogP contribution in [0.1, 0.15) is 48.5 Å². The SMILES string of the molecule is CC[C@H](C)c1ccc(OC(=O)CCNC(=O)c2ccccc2Cl)cc1. The van der Waals surface area contributed by atoms with Crippen LogP contribution in [0.25, 0.3) is 0 Å². The molecule has 1 atom stereocenters. The molecule has 0 aliphatic heterocycles. The lowest BCUT2D eigenvalue weighted by atomic mass is 9.99. The molecule has 0 saturated carbocycles. The Morgan fingerprint density at radius 3 is 2.44 bits per heavy atom. The first-order valence-electron chi connectivity index (χ1n) is 8.34. The summed E-state index contributed by atoms with van der Waals surface area (Å²) in [4.78, 5) is 23.9. The average Bonchev–Trinajstić information content (AvgIpc) is 2.62. The van der Waals surface area contributed by atoms with Gasteiger partial charge in [0.1, 0.15) is 5.75 Å². The van der Waals surface area contributed by atoms with Crippen molar-refractivity contribution in [3.63, 3.8) is 0 Å². The Morgan fingerprint density at radius 2 is 1.80 bits per heavy atom. The predicted molar refractivity (Wildman–Crippen MR) is 99.2 cm³/mol. The third-order valence-electron chi connectivity index (χ3n) is 4.03. The first-order valence-corrected chi connectivity index (χ1v) is 8.72. The van der Waals surface area contributed by atoms with Gasteiger partial charge in [-0.1, -0.05) is 49.7 Å². The highest BCUT2D eigenvalue weighted by Crippen LogP contribution is 2.21. The number of carbonyl (C=O) groups excluding carboxylic acids is 2. The molecular weight excluding hydrogens is 338 g/mol. The molecule has 132 valence electrons. The van der Waals surface area contributed by atoms with E-state index in [0.29, 0.717) is 22.3 Å². The zero-order valence-electron chi connectivity index (χ0n) is 14.4. The fourth-order valence-corrected chi connectivity index (χ4v) is 2.52. The molecule has 0 radical (unpaired) electrons. The summed E-state index contributed by atoms with van der Waals surface area (Å²) < 4.78 is 5.28. The summed E-state index contributed by atoms with van der Waals surface area (Å²) in [6, 6.07) is 14.3. The van der Waals surface area contributed by atoms with Gasteiger partial charge in [-0.15, -0.1) is 0 Å². The second kappa shape index (κ2) is 9.23. The van der Waals surface area contributed by atoms with Gasteiger partial charge in [0.2, 0.25) is 0 Å². The fraction of sp³-hybridized carbons (Fsp3) is 0.300. The topological polar surface area (TPSA) is 55.4 Å². The van der Waals surface area contributed by atoms with Crippen LogP contribution in [0.4, 0.5) is 0 Å². The molecule has 25 heavy (non-hydrogen) atoms. The molecule has 4 nitrogen and oxygen atoms in total. The van der Waals surface area contributed by atoms with Crippen LogP contribution in [0, 0.1) is 0 Å². The lowest BCUT2D eigenvalue weighted by molar-refractivity contribution is -0.134. The van der Waals surface area contributed by atoms with Crippen LogP contribution in [0.15, 0.2) is 48.5 Å². The van der Waals surface area contributed by atoms with E-state index in [9.17, 15) is 9.59 Å². The van der Waals surface area contributed by atoms with Gasteiger partial charge in [0.05, 0.1) is 17.0 Å². The molecular formula is C20H22ClNO3. The molecule has 0 fully saturated rings. The number of amides is 1. The lowest BCUT2D eigenvalue weighted by Gasteiger charge is -2.10. The number of nitrogens with one attached hydrogen (secondary N) is 1. The molecule has 0 spiro atoms. The van der Waals surface area contributed by atoms with E-state index in [4.69, 9.17) is 16.3 Å². The van der Waals surface area contributed by atoms with Crippen molar-refractivity contribution in [3.05, 3.63) is 64.7 Å². The molecule has 5 heteroatoms. The van der Waals surface area contributed by atoms with Crippen molar-refractivity contribution in [2.24, 2.45) is 0 Å². The van der Waals surface area contributed by atoms with Gasteiger partial charge in [-0.25, -0.2) is 0 Å². The van der Waals surface area contributed by atoms with Crippen LogP contribution in [0.5, 0.6) is 5.75 Å². The number of hydrogen-bond donors (Lipinski definition) is 1. The third-order valence-corrected chi connectivity index (χ3v) is 4.36. The molecule has 2 rings (SSSR count). The van der Waals surface area contributed by atoms with Crippen molar-refractivity contribution in [1.29, 1.82) is 0 Å². The Balaban J connectivity index is 1.79. The fourth-order valence-electron chi connectivity index (χ4n) is 2.30. The summed E-state index contributed by atoms with van der Waals surface area (Å²) in [6.07, 6.45) is 1.15. The number of benzene rings is 2. The van der Waals surface area contributed by atoms with Crippen LogP contribution in [-0.2, 0) is 4.79 Å². The molecule has 0 aromatic heterocycles. The molecule has 1 amide bonds. The summed E-state index contributed by atoms with van der Waals surface area (Å²) in [7, 11) is 0. The maximum absolute atomic E-state index is 12.0. The van der Waals surface area contributed by atoms with Gasteiger partial charge in [-0.3, -0.25) is 9.59 Å². The van der Waals surface area contributed by atoms with E-state index in [1.165, 1.54) is 5.56 Å². The Kier molecular flexibility index (Phi) is 7.02. The van der Waals surface area contributed by atoms with Crippen LogP contribution in [-0.4, -0.2) is 18.4 Å². The first kappa shape index (κ1) is 19.0. The lowest BCUT2D eigenvalue weighted by Crippen LogP contribution is -2.27. The van der Waals surface area contributed by atoms with E-state index in [1.54, 1.807) is 36.4 Å². The minimum atomic E-state index is -0.393. The zero-order chi connectivity index (χ0) is 18.2. The molecule has 0 aliphatic carbocycles. The Bertz CT molecular complexity index is 728. The number of esters is 1. The quantitative estimate of drug-likeness (QED) is 0.581. The van der Waals surface area contributed by atoms with Gasteiger partial charge >= 0.3 is 5.97 Å². The molecule has 0 unspecified atom stereocenters. The maximum atomic E-state index is 12.0.